The Morgan fingerprint density at radius 3 is 2.32 bits per heavy atom. The molecule has 1 amide bonds. The van der Waals surface area contributed by atoms with Gasteiger partial charge in [0, 0.05) is 0 Å². The normalized spacial score (nSPS) is 24.8. The molecule has 1 aliphatic carbocycles. The van der Waals surface area contributed by atoms with Crippen molar-refractivity contribution >= 4 is 16.2 Å². The molecule has 0 aliphatic heterocycles. The van der Waals surface area contributed by atoms with E-state index in [1.54, 1.807) is 20.8 Å². The molecular weight excluding hydrogens is 270 g/mol. The molecule has 19 heavy (non-hydrogen) atoms. The van der Waals surface area contributed by atoms with Crippen molar-refractivity contribution in [3.63, 3.8) is 0 Å². The molecule has 1 N–H and O–H groups in total. The van der Waals surface area contributed by atoms with Gasteiger partial charge in [-0.3, -0.25) is 4.18 Å². The lowest BCUT2D eigenvalue weighted by Gasteiger charge is -2.31. The minimum Gasteiger partial charge on any atom is -0.444 e. The molecule has 7 heteroatoms. The Balaban J connectivity index is 2.60. The lowest BCUT2D eigenvalue weighted by Crippen LogP contribution is -2.48. The Labute approximate surface area is 115 Å². The Kier molecular flexibility index (Phi) is 5.20. The van der Waals surface area contributed by atoms with E-state index in [2.05, 4.69) is 5.32 Å². The molecule has 0 aromatic carbocycles. The zero-order valence-corrected chi connectivity index (χ0v) is 12.7. The Bertz CT molecular complexity index is 412. The fraction of sp³-hybridized carbons (Fsp3) is 0.917. The number of nitrogens with one attached hydrogen (secondary N) is 1. The Hall–Kier alpha value is -0.820. The van der Waals surface area contributed by atoms with E-state index in [1.807, 2.05) is 0 Å². The largest absolute Gasteiger partial charge is 0.444 e. The number of hydrogen-bond donors (Lipinski definition) is 1. The number of ether oxygens (including phenoxy) is 1. The van der Waals surface area contributed by atoms with Crippen LogP contribution in [0.3, 0.4) is 0 Å². The summed E-state index contributed by atoms with van der Waals surface area (Å²) >= 11 is 0. The summed E-state index contributed by atoms with van der Waals surface area (Å²) in [4.78, 5) is 11.7. The van der Waals surface area contributed by atoms with E-state index in [9.17, 15) is 13.2 Å². The van der Waals surface area contributed by atoms with E-state index in [4.69, 9.17) is 8.92 Å². The molecule has 0 spiro atoms. The smallest absolute Gasteiger partial charge is 0.407 e. The molecule has 0 bridgehead atoms. The molecule has 0 radical (unpaired) electrons. The van der Waals surface area contributed by atoms with Gasteiger partial charge in [-0.15, -0.1) is 0 Å². The molecule has 112 valence electrons. The van der Waals surface area contributed by atoms with Gasteiger partial charge in [-0.2, -0.15) is 8.42 Å². The molecule has 2 unspecified atom stereocenters. The first-order valence-corrected chi connectivity index (χ1v) is 8.26. The van der Waals surface area contributed by atoms with E-state index in [0.29, 0.717) is 12.8 Å². The minimum atomic E-state index is -3.52. The van der Waals surface area contributed by atoms with Gasteiger partial charge >= 0.3 is 6.09 Å². The van der Waals surface area contributed by atoms with Gasteiger partial charge in [0.2, 0.25) is 0 Å². The molecule has 1 aliphatic rings. The van der Waals surface area contributed by atoms with Crippen LogP contribution in [0.15, 0.2) is 0 Å². The maximum Gasteiger partial charge on any atom is 0.407 e. The summed E-state index contributed by atoms with van der Waals surface area (Å²) in [5, 5.41) is 2.70. The molecule has 1 rings (SSSR count). The predicted octanol–water partition coefficient (Wildman–Crippen LogP) is 1.80. The maximum atomic E-state index is 11.7. The average Bonchev–Trinajstić information content (AvgIpc) is 2.15. The minimum absolute atomic E-state index is 0.321. The molecule has 0 heterocycles. The van der Waals surface area contributed by atoms with Crippen molar-refractivity contribution in [2.24, 2.45) is 0 Å². The van der Waals surface area contributed by atoms with Crippen LogP contribution < -0.4 is 5.32 Å². The van der Waals surface area contributed by atoms with Gasteiger partial charge in [-0.25, -0.2) is 4.79 Å². The van der Waals surface area contributed by atoms with Gasteiger partial charge in [0.1, 0.15) is 5.60 Å². The summed E-state index contributed by atoms with van der Waals surface area (Å²) < 4.78 is 32.6. The first kappa shape index (κ1) is 16.2. The second-order valence-corrected chi connectivity index (χ2v) is 7.48. The third-order valence-electron chi connectivity index (χ3n) is 2.70. The second-order valence-electron chi connectivity index (χ2n) is 5.88. The van der Waals surface area contributed by atoms with Crippen molar-refractivity contribution in [2.75, 3.05) is 6.26 Å². The number of alkyl carbamates (subject to hydrolysis) is 1. The summed E-state index contributed by atoms with van der Waals surface area (Å²) in [6, 6.07) is -0.321. The first-order valence-electron chi connectivity index (χ1n) is 6.44. The highest BCUT2D eigenvalue weighted by atomic mass is 32.2. The van der Waals surface area contributed by atoms with Crippen molar-refractivity contribution in [1.29, 1.82) is 0 Å². The summed E-state index contributed by atoms with van der Waals surface area (Å²) in [6.07, 6.45) is 3.12. The van der Waals surface area contributed by atoms with E-state index >= 15 is 0 Å². The lowest BCUT2D eigenvalue weighted by molar-refractivity contribution is 0.0408. The van der Waals surface area contributed by atoms with Crippen LogP contribution in [0.1, 0.15) is 46.5 Å². The molecule has 1 saturated carbocycles. The van der Waals surface area contributed by atoms with Crippen molar-refractivity contribution < 1.29 is 22.1 Å². The van der Waals surface area contributed by atoms with E-state index in [1.165, 1.54) is 0 Å². The second kappa shape index (κ2) is 6.09. The average molecular weight is 293 g/mol. The molecule has 1 fully saturated rings. The van der Waals surface area contributed by atoms with Gasteiger partial charge in [-0.05, 0) is 33.6 Å². The zero-order valence-electron chi connectivity index (χ0n) is 11.9. The van der Waals surface area contributed by atoms with Gasteiger partial charge in [0.05, 0.1) is 18.4 Å². The highest BCUT2D eigenvalue weighted by Crippen LogP contribution is 2.23. The van der Waals surface area contributed by atoms with Gasteiger partial charge < -0.3 is 10.1 Å². The van der Waals surface area contributed by atoms with Crippen LogP contribution >= 0.6 is 0 Å². The summed E-state index contributed by atoms with van der Waals surface area (Å²) in [6.45, 7) is 5.33. The van der Waals surface area contributed by atoms with Crippen molar-refractivity contribution in [3.8, 4) is 0 Å². The van der Waals surface area contributed by atoms with Crippen molar-refractivity contribution in [2.45, 2.75) is 64.2 Å². The Morgan fingerprint density at radius 1 is 1.21 bits per heavy atom. The van der Waals surface area contributed by atoms with E-state index in [-0.39, 0.29) is 6.04 Å². The van der Waals surface area contributed by atoms with Crippen LogP contribution in [0.25, 0.3) is 0 Å². The monoisotopic (exact) mass is 293 g/mol. The van der Waals surface area contributed by atoms with Crippen LogP contribution in [0, 0.1) is 0 Å². The SMILES string of the molecule is CC(C)(C)OC(=O)NC1CCCCC1OS(C)(=O)=O. The first-order chi connectivity index (χ1) is 8.57. The number of carbonyl (C=O) groups excluding carboxylic acids is 1. The van der Waals surface area contributed by atoms with E-state index < -0.39 is 27.9 Å². The molecule has 6 nitrogen and oxygen atoms in total. The van der Waals surface area contributed by atoms with Crippen LogP contribution in [-0.4, -0.2) is 38.5 Å². The fourth-order valence-electron chi connectivity index (χ4n) is 2.06. The Morgan fingerprint density at radius 2 is 1.79 bits per heavy atom. The molecule has 0 aromatic heterocycles. The van der Waals surface area contributed by atoms with Crippen molar-refractivity contribution in [1.82, 2.24) is 5.32 Å². The fourth-order valence-corrected chi connectivity index (χ4v) is 2.74. The molecule has 0 saturated heterocycles. The summed E-state index contributed by atoms with van der Waals surface area (Å²) in [7, 11) is -3.52. The summed E-state index contributed by atoms with van der Waals surface area (Å²) in [5.41, 5.74) is -0.577. The molecule has 0 aromatic rings. The number of hydrogen-bond acceptors (Lipinski definition) is 5. The zero-order chi connectivity index (χ0) is 14.7. The molecule has 2 atom stereocenters. The van der Waals surface area contributed by atoms with Crippen molar-refractivity contribution in [3.05, 3.63) is 0 Å². The third-order valence-corrected chi connectivity index (χ3v) is 3.30. The topological polar surface area (TPSA) is 81.7 Å². The van der Waals surface area contributed by atoms with Gasteiger partial charge in [-0.1, -0.05) is 12.8 Å². The van der Waals surface area contributed by atoms with E-state index in [0.717, 1.165) is 19.1 Å². The summed E-state index contributed by atoms with van der Waals surface area (Å²) in [5.74, 6) is 0. The van der Waals surface area contributed by atoms with Crippen LogP contribution in [-0.2, 0) is 19.0 Å². The van der Waals surface area contributed by atoms with Crippen LogP contribution in [0.2, 0.25) is 0 Å². The maximum absolute atomic E-state index is 11.7. The lowest BCUT2D eigenvalue weighted by atomic mass is 9.93. The number of carbonyl (C=O) groups is 1. The van der Waals surface area contributed by atoms with Gasteiger partial charge in [0.15, 0.2) is 0 Å². The van der Waals surface area contributed by atoms with Crippen LogP contribution in [0.4, 0.5) is 4.79 Å². The predicted molar refractivity (Wildman–Crippen MR) is 71.3 cm³/mol. The van der Waals surface area contributed by atoms with Gasteiger partial charge in [0.25, 0.3) is 10.1 Å². The quantitative estimate of drug-likeness (QED) is 0.802. The number of amides is 1. The number of rotatable bonds is 3. The highest BCUT2D eigenvalue weighted by molar-refractivity contribution is 7.86. The highest BCUT2D eigenvalue weighted by Gasteiger charge is 2.31. The standard InChI is InChI=1S/C12H23NO5S/c1-12(2,3)17-11(14)13-9-7-5-6-8-10(9)18-19(4,15)16/h9-10H,5-8H2,1-4H3,(H,13,14). The molecular formula is C12H23NO5S. The third kappa shape index (κ3) is 6.77. The van der Waals surface area contributed by atoms with Crippen LogP contribution in [0.5, 0.6) is 0 Å².